The van der Waals surface area contributed by atoms with E-state index in [1.54, 1.807) is 6.92 Å². The van der Waals surface area contributed by atoms with Crippen LogP contribution in [0, 0.1) is 5.92 Å². The summed E-state index contributed by atoms with van der Waals surface area (Å²) in [5, 5.41) is 13.6. The highest BCUT2D eigenvalue weighted by Gasteiger charge is 2.42. The lowest BCUT2D eigenvalue weighted by molar-refractivity contribution is -0.145. The highest BCUT2D eigenvalue weighted by Crippen LogP contribution is 2.34. The zero-order valence-corrected chi connectivity index (χ0v) is 14.1. The summed E-state index contributed by atoms with van der Waals surface area (Å²) in [4.78, 5) is 24.1. The molecule has 6 nitrogen and oxygen atoms in total. The van der Waals surface area contributed by atoms with Gasteiger partial charge in [-0.1, -0.05) is 12.8 Å². The lowest BCUT2D eigenvalue weighted by atomic mass is 9.74. The number of hydrogen-bond donors (Lipinski definition) is 2. The Bertz CT molecular complexity index is 694. The molecule has 1 heterocycles. The number of carbonyl (C=O) groups excluding carboxylic acids is 1. The fraction of sp³-hybridized carbons (Fsp3) is 0.571. The molecule has 1 amide bonds. The van der Waals surface area contributed by atoms with Crippen LogP contribution in [0.25, 0.3) is 0 Å². The van der Waals surface area contributed by atoms with E-state index in [0.717, 1.165) is 30.4 Å². The maximum atomic E-state index is 12.3. The van der Waals surface area contributed by atoms with E-state index in [1.807, 2.05) is 0 Å². The van der Waals surface area contributed by atoms with Gasteiger partial charge >= 0.3 is 5.97 Å². The third-order valence-corrected chi connectivity index (χ3v) is 6.30. The minimum absolute atomic E-state index is 0.103. The Morgan fingerprint density at radius 2 is 2.09 bits per heavy atom. The molecule has 0 radical (unpaired) electrons. The van der Waals surface area contributed by atoms with Crippen LogP contribution in [0.4, 0.5) is 0 Å². The normalized spacial score (nSPS) is 25.6. The molecule has 8 heteroatoms. The Labute approximate surface area is 133 Å². The molecule has 0 aromatic carbocycles. The van der Waals surface area contributed by atoms with Crippen LogP contribution in [0.3, 0.4) is 0 Å². The van der Waals surface area contributed by atoms with Crippen molar-refractivity contribution < 1.29 is 23.1 Å². The van der Waals surface area contributed by atoms with E-state index in [1.165, 1.54) is 11.4 Å². The number of nitrogens with one attached hydrogen (secondary N) is 1. The monoisotopic (exact) mass is 345 g/mol. The molecule has 0 spiro atoms. The lowest BCUT2D eigenvalue weighted by Crippen LogP contribution is -2.55. The van der Waals surface area contributed by atoms with Gasteiger partial charge in [-0.2, -0.15) is 0 Å². The average molecular weight is 345 g/mol. The van der Waals surface area contributed by atoms with Crippen molar-refractivity contribution in [3.63, 3.8) is 0 Å². The molecule has 0 aliphatic heterocycles. The van der Waals surface area contributed by atoms with E-state index in [-0.39, 0.29) is 9.77 Å². The number of carboxylic acids is 1. The SMILES string of the molecule is CC1(NC(=O)c2cc(S(C)(=O)=O)cs2)CCCCC1C(=O)O. The van der Waals surface area contributed by atoms with Crippen molar-refractivity contribution in [1.29, 1.82) is 0 Å². The van der Waals surface area contributed by atoms with Gasteiger partial charge in [0.25, 0.3) is 5.91 Å². The second-order valence-corrected chi connectivity index (χ2v) is 8.85. The summed E-state index contributed by atoms with van der Waals surface area (Å²) in [6, 6.07) is 1.33. The average Bonchev–Trinajstić information content (AvgIpc) is 2.87. The van der Waals surface area contributed by atoms with Crippen LogP contribution in [0.15, 0.2) is 16.3 Å². The number of carboxylic acid groups (broad SMARTS) is 1. The van der Waals surface area contributed by atoms with E-state index >= 15 is 0 Å². The third kappa shape index (κ3) is 3.49. The molecule has 2 atom stereocenters. The first-order valence-electron chi connectivity index (χ1n) is 6.97. The maximum absolute atomic E-state index is 12.3. The summed E-state index contributed by atoms with van der Waals surface area (Å²) in [7, 11) is -3.35. The number of sulfone groups is 1. The molecule has 1 aromatic heterocycles. The predicted octanol–water partition coefficient (Wildman–Crippen LogP) is 1.91. The van der Waals surface area contributed by atoms with Gasteiger partial charge in [-0.05, 0) is 25.8 Å². The molecule has 1 saturated carbocycles. The standard InChI is InChI=1S/C14H19NO5S2/c1-14(6-4-3-5-10(14)13(17)18)15-12(16)11-7-9(8-21-11)22(2,19)20/h7-8,10H,3-6H2,1-2H3,(H,15,16)(H,17,18). The van der Waals surface area contributed by atoms with E-state index in [4.69, 9.17) is 0 Å². The molecular formula is C14H19NO5S2. The molecular weight excluding hydrogens is 326 g/mol. The van der Waals surface area contributed by atoms with Crippen molar-refractivity contribution in [2.75, 3.05) is 6.26 Å². The number of thiophene rings is 1. The first-order chi connectivity index (χ1) is 10.1. The lowest BCUT2D eigenvalue weighted by Gasteiger charge is -2.39. The number of aliphatic carboxylic acids is 1. The fourth-order valence-corrected chi connectivity index (χ4v) is 4.75. The van der Waals surface area contributed by atoms with Crippen LogP contribution in [-0.2, 0) is 14.6 Å². The van der Waals surface area contributed by atoms with Gasteiger partial charge in [0.15, 0.2) is 9.84 Å². The first-order valence-corrected chi connectivity index (χ1v) is 9.74. The Balaban J connectivity index is 2.20. The molecule has 0 bridgehead atoms. The molecule has 122 valence electrons. The Hall–Kier alpha value is -1.41. The van der Waals surface area contributed by atoms with Crippen molar-refractivity contribution in [2.24, 2.45) is 5.92 Å². The summed E-state index contributed by atoms with van der Waals surface area (Å²) in [5.74, 6) is -1.96. The van der Waals surface area contributed by atoms with Gasteiger partial charge < -0.3 is 10.4 Å². The molecule has 2 rings (SSSR count). The summed E-state index contributed by atoms with van der Waals surface area (Å²) in [5.41, 5.74) is -0.809. The summed E-state index contributed by atoms with van der Waals surface area (Å²) >= 11 is 1.04. The first kappa shape index (κ1) is 17.0. The van der Waals surface area contributed by atoms with Gasteiger partial charge in [0.05, 0.1) is 21.2 Å². The van der Waals surface area contributed by atoms with Gasteiger partial charge in [-0.3, -0.25) is 9.59 Å². The second kappa shape index (κ2) is 6.00. The van der Waals surface area contributed by atoms with Crippen LogP contribution < -0.4 is 5.32 Å². The van der Waals surface area contributed by atoms with Crippen molar-refractivity contribution in [3.05, 3.63) is 16.3 Å². The molecule has 22 heavy (non-hydrogen) atoms. The van der Waals surface area contributed by atoms with Crippen LogP contribution in [0.1, 0.15) is 42.3 Å². The number of carbonyl (C=O) groups is 2. The smallest absolute Gasteiger partial charge is 0.308 e. The number of rotatable bonds is 4. The quantitative estimate of drug-likeness (QED) is 0.868. The minimum Gasteiger partial charge on any atom is -0.481 e. The minimum atomic E-state index is -3.35. The third-order valence-electron chi connectivity index (χ3n) is 4.13. The van der Waals surface area contributed by atoms with Gasteiger partial charge in [-0.25, -0.2) is 8.42 Å². The van der Waals surface area contributed by atoms with Crippen LogP contribution in [-0.4, -0.2) is 37.2 Å². The number of hydrogen-bond acceptors (Lipinski definition) is 5. The second-order valence-electron chi connectivity index (χ2n) is 5.93. The van der Waals surface area contributed by atoms with Crippen LogP contribution in [0.5, 0.6) is 0 Å². The molecule has 2 unspecified atom stereocenters. The zero-order valence-electron chi connectivity index (χ0n) is 12.5. The summed E-state index contributed by atoms with van der Waals surface area (Å²) in [6.07, 6.45) is 3.91. The zero-order chi connectivity index (χ0) is 16.5. The van der Waals surface area contributed by atoms with E-state index in [9.17, 15) is 23.1 Å². The van der Waals surface area contributed by atoms with E-state index < -0.39 is 33.2 Å². The molecule has 1 fully saturated rings. The highest BCUT2D eigenvalue weighted by molar-refractivity contribution is 7.90. The van der Waals surface area contributed by atoms with Crippen molar-refractivity contribution in [1.82, 2.24) is 5.32 Å². The molecule has 0 saturated heterocycles. The van der Waals surface area contributed by atoms with E-state index in [2.05, 4.69) is 5.32 Å². The van der Waals surface area contributed by atoms with Gasteiger partial charge in [0.1, 0.15) is 0 Å². The van der Waals surface area contributed by atoms with Crippen molar-refractivity contribution in [2.45, 2.75) is 43.0 Å². The largest absolute Gasteiger partial charge is 0.481 e. The Morgan fingerprint density at radius 3 is 2.64 bits per heavy atom. The highest BCUT2D eigenvalue weighted by atomic mass is 32.2. The number of amides is 1. The van der Waals surface area contributed by atoms with Gasteiger partial charge in [0.2, 0.25) is 0 Å². The predicted molar refractivity (Wildman–Crippen MR) is 82.9 cm³/mol. The Morgan fingerprint density at radius 1 is 1.41 bits per heavy atom. The topological polar surface area (TPSA) is 101 Å². The van der Waals surface area contributed by atoms with Gasteiger partial charge in [0, 0.05) is 11.6 Å². The van der Waals surface area contributed by atoms with E-state index in [0.29, 0.717) is 12.8 Å². The summed E-state index contributed by atoms with van der Waals surface area (Å²) < 4.78 is 22.9. The molecule has 2 N–H and O–H groups in total. The summed E-state index contributed by atoms with van der Waals surface area (Å²) in [6.45, 7) is 1.74. The molecule has 1 aliphatic carbocycles. The van der Waals surface area contributed by atoms with Crippen molar-refractivity contribution >= 4 is 33.1 Å². The Kier molecular flexibility index (Phi) is 4.62. The fourth-order valence-electron chi connectivity index (χ4n) is 2.83. The van der Waals surface area contributed by atoms with Gasteiger partial charge in [-0.15, -0.1) is 11.3 Å². The van der Waals surface area contributed by atoms with Crippen LogP contribution >= 0.6 is 11.3 Å². The van der Waals surface area contributed by atoms with Crippen molar-refractivity contribution in [3.8, 4) is 0 Å². The van der Waals surface area contributed by atoms with Crippen LogP contribution in [0.2, 0.25) is 0 Å². The maximum Gasteiger partial charge on any atom is 0.308 e. The molecule has 1 aromatic rings. The molecule has 1 aliphatic rings.